The van der Waals surface area contributed by atoms with E-state index in [1.807, 2.05) is 13.0 Å². The second-order valence-corrected chi connectivity index (χ2v) is 8.94. The van der Waals surface area contributed by atoms with Crippen LogP contribution in [0, 0.1) is 12.8 Å². The number of piperidine rings is 1. The van der Waals surface area contributed by atoms with Crippen molar-refractivity contribution in [2.45, 2.75) is 33.2 Å². The Labute approximate surface area is 163 Å². The standard InChI is InChI=1S/C19H32N4O3S/c1-5-26-18-12-15(2)6-7-17(18)14-22-19(20-3)21-13-16-8-10-23(11-9-16)27(4,24)25/h6-7,12,16H,5,8-11,13-14H2,1-4H3,(H2,20,21,22). The first-order chi connectivity index (χ1) is 12.8. The molecule has 1 aliphatic rings. The minimum atomic E-state index is -3.07. The summed E-state index contributed by atoms with van der Waals surface area (Å²) in [5.74, 6) is 2.08. The molecule has 152 valence electrons. The number of hydrogen-bond acceptors (Lipinski definition) is 4. The van der Waals surface area contributed by atoms with E-state index in [4.69, 9.17) is 4.74 Å². The van der Waals surface area contributed by atoms with E-state index in [0.717, 1.165) is 36.7 Å². The van der Waals surface area contributed by atoms with Gasteiger partial charge in [-0.3, -0.25) is 4.99 Å². The molecule has 27 heavy (non-hydrogen) atoms. The Morgan fingerprint density at radius 2 is 2.00 bits per heavy atom. The van der Waals surface area contributed by atoms with E-state index < -0.39 is 10.0 Å². The van der Waals surface area contributed by atoms with Crippen LogP contribution in [0.2, 0.25) is 0 Å². The SMILES string of the molecule is CCOc1cc(C)ccc1CNC(=NC)NCC1CCN(S(C)(=O)=O)CC1. The Bertz CT molecular complexity index is 741. The van der Waals surface area contributed by atoms with E-state index in [9.17, 15) is 8.42 Å². The smallest absolute Gasteiger partial charge is 0.211 e. The monoisotopic (exact) mass is 396 g/mol. The van der Waals surface area contributed by atoms with Gasteiger partial charge in [-0.05, 0) is 44.2 Å². The summed E-state index contributed by atoms with van der Waals surface area (Å²) in [5.41, 5.74) is 2.26. The molecule has 1 aliphatic heterocycles. The largest absolute Gasteiger partial charge is 0.494 e. The van der Waals surface area contributed by atoms with Crippen molar-refractivity contribution in [1.82, 2.24) is 14.9 Å². The third-order valence-electron chi connectivity index (χ3n) is 4.79. The number of sulfonamides is 1. The van der Waals surface area contributed by atoms with Gasteiger partial charge in [0.2, 0.25) is 10.0 Å². The highest BCUT2D eigenvalue weighted by atomic mass is 32.2. The van der Waals surface area contributed by atoms with E-state index in [-0.39, 0.29) is 0 Å². The second kappa shape index (κ2) is 9.94. The third kappa shape index (κ3) is 6.70. The van der Waals surface area contributed by atoms with Crippen molar-refractivity contribution in [2.24, 2.45) is 10.9 Å². The lowest BCUT2D eigenvalue weighted by Crippen LogP contribution is -2.43. The Hall–Kier alpha value is -1.80. The fourth-order valence-electron chi connectivity index (χ4n) is 3.18. The van der Waals surface area contributed by atoms with Gasteiger partial charge in [0.1, 0.15) is 5.75 Å². The summed E-state index contributed by atoms with van der Waals surface area (Å²) < 4.78 is 30.5. The number of benzene rings is 1. The van der Waals surface area contributed by atoms with Crippen molar-refractivity contribution in [3.05, 3.63) is 29.3 Å². The molecule has 0 radical (unpaired) electrons. The van der Waals surface area contributed by atoms with Gasteiger partial charge >= 0.3 is 0 Å². The predicted molar refractivity (Wildman–Crippen MR) is 110 cm³/mol. The van der Waals surface area contributed by atoms with Crippen LogP contribution < -0.4 is 15.4 Å². The summed E-state index contributed by atoms with van der Waals surface area (Å²) in [6, 6.07) is 6.19. The molecule has 1 heterocycles. The lowest BCUT2D eigenvalue weighted by molar-refractivity contribution is 0.275. The van der Waals surface area contributed by atoms with Crippen LogP contribution in [0.1, 0.15) is 30.9 Å². The molecule has 1 aromatic rings. The maximum Gasteiger partial charge on any atom is 0.211 e. The van der Waals surface area contributed by atoms with Gasteiger partial charge in [0.25, 0.3) is 0 Å². The summed E-state index contributed by atoms with van der Waals surface area (Å²) in [4.78, 5) is 4.28. The quantitative estimate of drug-likeness (QED) is 0.542. The Balaban J connectivity index is 1.82. The van der Waals surface area contributed by atoms with Crippen LogP contribution in [0.5, 0.6) is 5.75 Å². The minimum absolute atomic E-state index is 0.444. The Kier molecular flexibility index (Phi) is 7.91. The van der Waals surface area contributed by atoms with E-state index in [1.165, 1.54) is 11.8 Å². The lowest BCUT2D eigenvalue weighted by Gasteiger charge is -2.30. The average molecular weight is 397 g/mol. The van der Waals surface area contributed by atoms with Crippen molar-refractivity contribution < 1.29 is 13.2 Å². The molecule has 0 aromatic heterocycles. The molecule has 0 spiro atoms. The minimum Gasteiger partial charge on any atom is -0.494 e. The van der Waals surface area contributed by atoms with Gasteiger partial charge in [0.05, 0.1) is 12.9 Å². The number of rotatable bonds is 7. The van der Waals surface area contributed by atoms with Gasteiger partial charge in [-0.25, -0.2) is 12.7 Å². The molecule has 1 saturated heterocycles. The highest BCUT2D eigenvalue weighted by Crippen LogP contribution is 2.20. The predicted octanol–water partition coefficient (Wildman–Crippen LogP) is 1.73. The highest BCUT2D eigenvalue weighted by Gasteiger charge is 2.24. The summed E-state index contributed by atoms with van der Waals surface area (Å²) in [7, 11) is -1.32. The van der Waals surface area contributed by atoms with Crippen LogP contribution in [-0.4, -0.2) is 58.2 Å². The van der Waals surface area contributed by atoms with Gasteiger partial charge < -0.3 is 15.4 Å². The topological polar surface area (TPSA) is 83.0 Å². The lowest BCUT2D eigenvalue weighted by atomic mass is 9.98. The summed E-state index contributed by atoms with van der Waals surface area (Å²) in [6.45, 7) is 7.27. The highest BCUT2D eigenvalue weighted by molar-refractivity contribution is 7.88. The molecule has 8 heteroatoms. The zero-order valence-corrected chi connectivity index (χ0v) is 17.6. The number of guanidine groups is 1. The first kappa shape index (κ1) is 21.5. The van der Waals surface area contributed by atoms with Crippen molar-refractivity contribution in [3.63, 3.8) is 0 Å². The molecule has 0 saturated carbocycles. The molecular formula is C19H32N4O3S. The van der Waals surface area contributed by atoms with Crippen LogP contribution in [0.3, 0.4) is 0 Å². The zero-order chi connectivity index (χ0) is 19.9. The van der Waals surface area contributed by atoms with Gasteiger partial charge in [-0.1, -0.05) is 12.1 Å². The molecule has 0 bridgehead atoms. The summed E-state index contributed by atoms with van der Waals surface area (Å²) in [5, 5.41) is 6.69. The molecule has 7 nitrogen and oxygen atoms in total. The Morgan fingerprint density at radius 3 is 2.59 bits per heavy atom. The molecule has 0 amide bonds. The maximum absolute atomic E-state index is 11.6. The van der Waals surface area contributed by atoms with Crippen LogP contribution in [0.15, 0.2) is 23.2 Å². The van der Waals surface area contributed by atoms with E-state index in [2.05, 4.69) is 34.7 Å². The van der Waals surface area contributed by atoms with Crippen molar-refractivity contribution in [2.75, 3.05) is 39.5 Å². The molecule has 0 aliphatic carbocycles. The molecular weight excluding hydrogens is 364 g/mol. The first-order valence-electron chi connectivity index (χ1n) is 9.45. The number of nitrogens with one attached hydrogen (secondary N) is 2. The van der Waals surface area contributed by atoms with E-state index >= 15 is 0 Å². The van der Waals surface area contributed by atoms with Gasteiger partial charge in [0.15, 0.2) is 5.96 Å². The van der Waals surface area contributed by atoms with Crippen LogP contribution >= 0.6 is 0 Å². The van der Waals surface area contributed by atoms with Gasteiger partial charge in [-0.2, -0.15) is 0 Å². The zero-order valence-electron chi connectivity index (χ0n) is 16.8. The fourth-order valence-corrected chi connectivity index (χ4v) is 4.06. The summed E-state index contributed by atoms with van der Waals surface area (Å²) in [6.07, 6.45) is 3.01. The third-order valence-corrected chi connectivity index (χ3v) is 6.10. The number of hydrogen-bond donors (Lipinski definition) is 2. The maximum atomic E-state index is 11.6. The second-order valence-electron chi connectivity index (χ2n) is 6.96. The van der Waals surface area contributed by atoms with Crippen molar-refractivity contribution >= 4 is 16.0 Å². The van der Waals surface area contributed by atoms with Gasteiger partial charge in [-0.15, -0.1) is 0 Å². The fraction of sp³-hybridized carbons (Fsp3) is 0.632. The normalized spacial score (nSPS) is 17.0. The average Bonchev–Trinajstić information content (AvgIpc) is 2.63. The molecule has 0 unspecified atom stereocenters. The van der Waals surface area contributed by atoms with Crippen LogP contribution in [0.4, 0.5) is 0 Å². The van der Waals surface area contributed by atoms with Gasteiger partial charge in [0, 0.05) is 38.8 Å². The van der Waals surface area contributed by atoms with Crippen molar-refractivity contribution in [1.29, 1.82) is 0 Å². The number of aliphatic imine (C=N–C) groups is 1. The van der Waals surface area contributed by atoms with Crippen molar-refractivity contribution in [3.8, 4) is 5.75 Å². The molecule has 2 rings (SSSR count). The van der Waals surface area contributed by atoms with Crippen LogP contribution in [-0.2, 0) is 16.6 Å². The molecule has 2 N–H and O–H groups in total. The molecule has 1 fully saturated rings. The summed E-state index contributed by atoms with van der Waals surface area (Å²) >= 11 is 0. The van der Waals surface area contributed by atoms with E-state index in [0.29, 0.717) is 32.2 Å². The van der Waals surface area contributed by atoms with E-state index in [1.54, 1.807) is 11.4 Å². The van der Waals surface area contributed by atoms with Crippen LogP contribution in [0.25, 0.3) is 0 Å². The number of nitrogens with zero attached hydrogens (tertiary/aromatic N) is 2. The number of ether oxygens (including phenoxy) is 1. The molecule has 0 atom stereocenters. The molecule has 1 aromatic carbocycles. The number of aryl methyl sites for hydroxylation is 1. The first-order valence-corrected chi connectivity index (χ1v) is 11.3. The Morgan fingerprint density at radius 1 is 1.30 bits per heavy atom.